The van der Waals surface area contributed by atoms with E-state index in [-0.39, 0.29) is 5.91 Å². The van der Waals surface area contributed by atoms with Crippen LogP contribution in [0.25, 0.3) is 21.3 Å². The molecule has 2 aliphatic rings. The lowest BCUT2D eigenvalue weighted by molar-refractivity contribution is -0.138. The number of ether oxygens (including phenoxy) is 1. The molecular formula is C21H19ClN2O2S. The zero-order chi connectivity index (χ0) is 18.4. The molecule has 1 atom stereocenters. The Morgan fingerprint density at radius 3 is 2.89 bits per heavy atom. The topological polar surface area (TPSA) is 42.4 Å². The summed E-state index contributed by atoms with van der Waals surface area (Å²) in [5, 5.41) is 3.79. The summed E-state index contributed by atoms with van der Waals surface area (Å²) in [5.41, 5.74) is 3.00. The lowest BCUT2D eigenvalue weighted by atomic mass is 9.99. The minimum atomic E-state index is -0.449. The van der Waals surface area contributed by atoms with Gasteiger partial charge in [0.2, 0.25) is 0 Å². The Bertz CT molecular complexity index is 1030. The second-order valence-corrected chi connectivity index (χ2v) is 8.47. The highest BCUT2D eigenvalue weighted by Gasteiger charge is 2.35. The summed E-state index contributed by atoms with van der Waals surface area (Å²) < 4.78 is 6.22. The van der Waals surface area contributed by atoms with Crippen LogP contribution in [0.2, 0.25) is 5.02 Å². The van der Waals surface area contributed by atoms with Crippen LogP contribution in [0.4, 0.5) is 0 Å². The maximum Gasteiger partial charge on any atom is 0.263 e. The third kappa shape index (κ3) is 2.99. The molecule has 6 heteroatoms. The standard InChI is InChI=1S/C21H19ClN2O2S/c22-14-10-13-11-18(21(25)24-7-2-1-3-8-24)26-19(13)17(12-14)15-4-6-23-20-16(15)5-9-27-20/h4-6,9-10,12,18H,1-3,7-8,11H2. The highest BCUT2D eigenvalue weighted by molar-refractivity contribution is 7.16. The molecule has 0 saturated carbocycles. The molecule has 4 heterocycles. The van der Waals surface area contributed by atoms with Gasteiger partial charge in [-0.25, -0.2) is 4.98 Å². The zero-order valence-electron chi connectivity index (χ0n) is 14.8. The molecule has 0 N–H and O–H groups in total. The molecule has 138 valence electrons. The monoisotopic (exact) mass is 398 g/mol. The number of fused-ring (bicyclic) bond motifs is 2. The summed E-state index contributed by atoms with van der Waals surface area (Å²) in [5.74, 6) is 0.886. The summed E-state index contributed by atoms with van der Waals surface area (Å²) in [4.78, 5) is 20.3. The van der Waals surface area contributed by atoms with Crippen LogP contribution in [0, 0.1) is 0 Å². The number of aromatic nitrogens is 1. The molecule has 1 unspecified atom stereocenters. The number of halogens is 1. The van der Waals surface area contributed by atoms with E-state index in [1.807, 2.05) is 34.7 Å². The maximum atomic E-state index is 12.9. The fourth-order valence-electron chi connectivity index (χ4n) is 4.09. The fraction of sp³-hybridized carbons (Fsp3) is 0.333. The van der Waals surface area contributed by atoms with E-state index < -0.39 is 6.10 Å². The van der Waals surface area contributed by atoms with Crippen LogP contribution < -0.4 is 4.74 Å². The molecule has 0 aliphatic carbocycles. The summed E-state index contributed by atoms with van der Waals surface area (Å²) in [7, 11) is 0. The maximum absolute atomic E-state index is 12.9. The Morgan fingerprint density at radius 1 is 1.19 bits per heavy atom. The smallest absolute Gasteiger partial charge is 0.263 e. The van der Waals surface area contributed by atoms with Gasteiger partial charge in [-0.15, -0.1) is 11.3 Å². The highest BCUT2D eigenvalue weighted by Crippen LogP contribution is 2.43. The van der Waals surface area contributed by atoms with Crippen molar-refractivity contribution in [2.24, 2.45) is 0 Å². The fourth-order valence-corrected chi connectivity index (χ4v) is 5.09. The lowest BCUT2D eigenvalue weighted by Crippen LogP contribution is -2.43. The first-order chi connectivity index (χ1) is 13.2. The van der Waals surface area contributed by atoms with E-state index in [9.17, 15) is 4.79 Å². The number of pyridine rings is 1. The van der Waals surface area contributed by atoms with E-state index in [0.29, 0.717) is 11.4 Å². The van der Waals surface area contributed by atoms with Gasteiger partial charge in [-0.3, -0.25) is 4.79 Å². The average Bonchev–Trinajstić information content (AvgIpc) is 3.34. The van der Waals surface area contributed by atoms with Gasteiger partial charge in [0.1, 0.15) is 10.6 Å². The highest BCUT2D eigenvalue weighted by atomic mass is 35.5. The van der Waals surface area contributed by atoms with E-state index in [0.717, 1.165) is 58.6 Å². The lowest BCUT2D eigenvalue weighted by Gasteiger charge is -2.28. The van der Waals surface area contributed by atoms with Crippen molar-refractivity contribution in [3.8, 4) is 16.9 Å². The molecule has 0 radical (unpaired) electrons. The molecule has 27 heavy (non-hydrogen) atoms. The van der Waals surface area contributed by atoms with Gasteiger partial charge in [0.15, 0.2) is 6.10 Å². The Morgan fingerprint density at radius 2 is 2.04 bits per heavy atom. The second-order valence-electron chi connectivity index (χ2n) is 7.14. The van der Waals surface area contributed by atoms with Gasteiger partial charge in [-0.2, -0.15) is 0 Å². The van der Waals surface area contributed by atoms with Crippen molar-refractivity contribution in [2.45, 2.75) is 31.8 Å². The van der Waals surface area contributed by atoms with Crippen LogP contribution in [0.1, 0.15) is 24.8 Å². The Kier molecular flexibility index (Phi) is 4.29. The number of carbonyl (C=O) groups excluding carboxylic acids is 1. The quantitative estimate of drug-likeness (QED) is 0.614. The molecular weight excluding hydrogens is 380 g/mol. The van der Waals surface area contributed by atoms with Gasteiger partial charge in [0.25, 0.3) is 5.91 Å². The van der Waals surface area contributed by atoms with E-state index in [4.69, 9.17) is 16.3 Å². The number of rotatable bonds is 2. The predicted octanol–water partition coefficient (Wildman–Crippen LogP) is 4.93. The second kappa shape index (κ2) is 6.80. The number of hydrogen-bond acceptors (Lipinski definition) is 4. The van der Waals surface area contributed by atoms with Crippen LogP contribution in [-0.2, 0) is 11.2 Å². The number of benzene rings is 1. The summed E-state index contributed by atoms with van der Waals surface area (Å²) in [6.07, 6.45) is 5.30. The van der Waals surface area contributed by atoms with Crippen molar-refractivity contribution < 1.29 is 9.53 Å². The number of likely N-dealkylation sites (tertiary alicyclic amines) is 1. The number of hydrogen-bond donors (Lipinski definition) is 0. The molecule has 5 rings (SSSR count). The Balaban J connectivity index is 1.53. The molecule has 1 saturated heterocycles. The number of amides is 1. The summed E-state index contributed by atoms with van der Waals surface area (Å²) >= 11 is 8.03. The van der Waals surface area contributed by atoms with Crippen molar-refractivity contribution in [3.63, 3.8) is 0 Å². The molecule has 2 aromatic heterocycles. The van der Waals surface area contributed by atoms with Gasteiger partial charge in [-0.05, 0) is 54.5 Å². The van der Waals surface area contributed by atoms with Crippen LogP contribution in [0.5, 0.6) is 5.75 Å². The van der Waals surface area contributed by atoms with Crippen LogP contribution in [0.15, 0.2) is 35.8 Å². The van der Waals surface area contributed by atoms with Gasteiger partial charge in [-0.1, -0.05) is 11.6 Å². The Hall–Kier alpha value is -2.11. The van der Waals surface area contributed by atoms with E-state index >= 15 is 0 Å². The molecule has 1 amide bonds. The van der Waals surface area contributed by atoms with Crippen LogP contribution in [-0.4, -0.2) is 35.0 Å². The van der Waals surface area contributed by atoms with Gasteiger partial charge in [0, 0.05) is 47.2 Å². The normalized spacial score (nSPS) is 19.1. The predicted molar refractivity (Wildman–Crippen MR) is 109 cm³/mol. The molecule has 0 bridgehead atoms. The van der Waals surface area contributed by atoms with Crippen LogP contribution >= 0.6 is 22.9 Å². The number of nitrogens with zero attached hydrogens (tertiary/aromatic N) is 2. The van der Waals surface area contributed by atoms with Gasteiger partial charge < -0.3 is 9.64 Å². The zero-order valence-corrected chi connectivity index (χ0v) is 16.4. The summed E-state index contributed by atoms with van der Waals surface area (Å²) in [6, 6.07) is 7.92. The SMILES string of the molecule is O=C(C1Cc2cc(Cl)cc(-c3ccnc4sccc34)c2O1)N1CCCCC1. The van der Waals surface area contributed by atoms with Crippen molar-refractivity contribution in [1.82, 2.24) is 9.88 Å². The average molecular weight is 399 g/mol. The van der Waals surface area contributed by atoms with Crippen LogP contribution in [0.3, 0.4) is 0 Å². The van der Waals surface area contributed by atoms with E-state index in [1.54, 1.807) is 11.3 Å². The molecule has 0 spiro atoms. The summed E-state index contributed by atoms with van der Waals surface area (Å²) in [6.45, 7) is 1.67. The molecule has 1 fully saturated rings. The number of carbonyl (C=O) groups is 1. The molecule has 1 aromatic carbocycles. The minimum absolute atomic E-state index is 0.100. The molecule has 3 aromatic rings. The Labute approximate surface area is 166 Å². The number of thiophene rings is 1. The van der Waals surface area contributed by atoms with E-state index in [1.165, 1.54) is 6.42 Å². The van der Waals surface area contributed by atoms with Gasteiger partial charge in [0.05, 0.1) is 0 Å². The van der Waals surface area contributed by atoms with Gasteiger partial charge >= 0.3 is 0 Å². The third-order valence-electron chi connectivity index (χ3n) is 5.40. The van der Waals surface area contributed by atoms with Crippen molar-refractivity contribution in [3.05, 3.63) is 46.4 Å². The van der Waals surface area contributed by atoms with Crippen molar-refractivity contribution in [2.75, 3.05) is 13.1 Å². The first-order valence-electron chi connectivity index (χ1n) is 9.31. The molecule has 2 aliphatic heterocycles. The largest absolute Gasteiger partial charge is 0.479 e. The number of piperidine rings is 1. The first-order valence-corrected chi connectivity index (χ1v) is 10.6. The molecule has 4 nitrogen and oxygen atoms in total. The van der Waals surface area contributed by atoms with Crippen molar-refractivity contribution in [1.29, 1.82) is 0 Å². The third-order valence-corrected chi connectivity index (χ3v) is 6.44. The van der Waals surface area contributed by atoms with E-state index in [2.05, 4.69) is 11.1 Å². The van der Waals surface area contributed by atoms with Crippen molar-refractivity contribution >= 4 is 39.1 Å². The minimum Gasteiger partial charge on any atom is -0.479 e. The first kappa shape index (κ1) is 17.0.